The van der Waals surface area contributed by atoms with Crippen LogP contribution in [0, 0.1) is 0 Å². The normalized spacial score (nSPS) is 0. The second-order valence-electron chi connectivity index (χ2n) is 0. The summed E-state index contributed by atoms with van der Waals surface area (Å²) in [7, 11) is 0. The molecule has 0 saturated carbocycles. The summed E-state index contributed by atoms with van der Waals surface area (Å²) in [4.78, 5) is 0. The molecule has 0 saturated heterocycles. The molecule has 0 spiro atoms. The maximum atomic E-state index is 0. The molecule has 0 aliphatic carbocycles. The van der Waals surface area contributed by atoms with Crippen molar-refractivity contribution in [1.29, 1.82) is 0 Å². The van der Waals surface area contributed by atoms with Gasteiger partial charge in [0.2, 0.25) is 0 Å². The van der Waals surface area contributed by atoms with Crippen molar-refractivity contribution in [3.05, 3.63) is 0 Å². The largest absolute Gasteiger partial charge is 1.00 e. The van der Waals surface area contributed by atoms with Crippen molar-refractivity contribution in [2.24, 2.45) is 0 Å². The van der Waals surface area contributed by atoms with Crippen molar-refractivity contribution in [3.63, 3.8) is 0 Å². The zero-order chi connectivity index (χ0) is 0. The van der Waals surface area contributed by atoms with Crippen LogP contribution in [-0.4, -0.2) is 0 Å². The van der Waals surface area contributed by atoms with Gasteiger partial charge < -0.3 is 1.43 Å². The third-order valence-electron chi connectivity index (χ3n) is 0. The Bertz CT molecular complexity index is 13.1. The number of halogens is 33. The van der Waals surface area contributed by atoms with Crippen molar-refractivity contribution in [3.8, 4) is 0 Å². The van der Waals surface area contributed by atoms with Gasteiger partial charge in [0.1, 0.15) is 0 Å². The molecule has 0 atom stereocenters. The van der Waals surface area contributed by atoms with Gasteiger partial charge in [-0.1, -0.05) is 0 Å². The molecular formula is H34Cl33K. The van der Waals surface area contributed by atoms with Crippen molar-refractivity contribution < 1.29 is 52.8 Å². The smallest absolute Gasteiger partial charge is 1.00 e. The van der Waals surface area contributed by atoms with E-state index in [9.17, 15) is 0 Å². The Balaban J connectivity index is 0. The molecule has 0 aliphatic rings. The van der Waals surface area contributed by atoms with Gasteiger partial charge >= 0.3 is 51.4 Å². The van der Waals surface area contributed by atoms with Gasteiger partial charge in [0.05, 0.1) is 0 Å². The number of hydrogen-bond acceptors (Lipinski definition) is 0. The van der Waals surface area contributed by atoms with Crippen LogP contribution < -0.4 is 51.4 Å². The summed E-state index contributed by atoms with van der Waals surface area (Å²) in [5.74, 6) is 0. The second kappa shape index (κ2) is 657. The van der Waals surface area contributed by atoms with E-state index in [1.54, 1.807) is 0 Å². The third-order valence-corrected chi connectivity index (χ3v) is 0. The predicted octanol–water partition coefficient (Wildman–Crippen LogP) is 11.0. The maximum absolute atomic E-state index is 0. The Morgan fingerprint density at radius 2 is 0.0882 bits per heavy atom. The van der Waals surface area contributed by atoms with Crippen LogP contribution in [0.3, 0.4) is 0 Å². The van der Waals surface area contributed by atoms with E-state index in [1.165, 1.54) is 0 Å². The predicted molar refractivity (Wildman–Crippen MR) is 240 cm³/mol. The molecule has 0 radical (unpaired) electrons. The molecule has 0 fully saturated rings. The zero-order valence-electron chi connectivity index (χ0n) is 15.5. The summed E-state index contributed by atoms with van der Waals surface area (Å²) in [5, 5.41) is 0. The minimum absolute atomic E-state index is 0. The first-order valence-corrected chi connectivity index (χ1v) is 0. The quantitative estimate of drug-likeness (QED) is 0.212. The van der Waals surface area contributed by atoms with E-state index in [0.717, 1.165) is 0 Å². The molecule has 34 heteroatoms. The van der Waals surface area contributed by atoms with Crippen LogP contribution >= 0.6 is 409 Å². The third kappa shape index (κ3) is 613. The van der Waals surface area contributed by atoms with Crippen molar-refractivity contribution in [2.45, 2.75) is 0 Å². The average Bonchev–Trinajstić information content (AvgIpc) is 0. The van der Waals surface area contributed by atoms with Crippen LogP contribution in [0.15, 0.2) is 0 Å². The Labute approximate surface area is 453 Å². The van der Waals surface area contributed by atoms with Gasteiger partial charge in [-0.25, -0.2) is 0 Å². The van der Waals surface area contributed by atoms with Crippen molar-refractivity contribution in [1.82, 2.24) is 0 Å². The summed E-state index contributed by atoms with van der Waals surface area (Å²) >= 11 is 0. The van der Waals surface area contributed by atoms with Gasteiger partial charge in [0, 0.05) is 0 Å². The topological polar surface area (TPSA) is 0 Å². The fourth-order valence-electron chi connectivity index (χ4n) is 0. The van der Waals surface area contributed by atoms with Crippen LogP contribution in [0.5, 0.6) is 0 Å². The molecule has 0 amide bonds. The van der Waals surface area contributed by atoms with Crippen molar-refractivity contribution >= 4 is 409 Å². The molecule has 0 aromatic carbocycles. The van der Waals surface area contributed by atoms with Gasteiger partial charge in [-0.3, -0.25) is 0 Å². The summed E-state index contributed by atoms with van der Waals surface area (Å²) in [5.41, 5.74) is 0. The molecule has 0 rings (SSSR count). The minimum Gasteiger partial charge on any atom is -1.00 e. The molecule has 0 nitrogen and oxygen atoms in total. The SMILES string of the molecule is Cl.Cl.Cl.Cl.Cl.Cl.Cl.Cl.Cl.Cl.Cl.Cl.Cl.Cl.Cl.Cl.Cl.Cl.Cl.Cl.Cl.Cl.Cl.Cl.Cl.Cl.Cl.Cl.Cl.Cl.Cl.Cl.Cl.[H-].[K+]. The Morgan fingerprint density at radius 3 is 0.0882 bits per heavy atom. The minimum atomic E-state index is 0. The van der Waals surface area contributed by atoms with E-state index in [1.807, 2.05) is 0 Å². The van der Waals surface area contributed by atoms with E-state index < -0.39 is 0 Å². The van der Waals surface area contributed by atoms with Gasteiger partial charge in [-0.05, 0) is 0 Å². The molecule has 0 unspecified atom stereocenters. The van der Waals surface area contributed by atoms with E-state index in [0.29, 0.717) is 0 Å². The maximum Gasteiger partial charge on any atom is 1.00 e. The fourth-order valence-corrected chi connectivity index (χ4v) is 0. The zero-order valence-corrected chi connectivity index (χ0v) is 44.5. The Hall–Kier alpha value is 11.2. The summed E-state index contributed by atoms with van der Waals surface area (Å²) in [6, 6.07) is 0. The van der Waals surface area contributed by atoms with Gasteiger partial charge in [0.25, 0.3) is 0 Å². The van der Waals surface area contributed by atoms with Gasteiger partial charge in [-0.15, -0.1) is 409 Å². The first kappa shape index (κ1) is 703. The summed E-state index contributed by atoms with van der Waals surface area (Å²) in [6.07, 6.45) is 0. The molecule has 0 N–H and O–H groups in total. The van der Waals surface area contributed by atoms with Gasteiger partial charge in [-0.2, -0.15) is 0 Å². The summed E-state index contributed by atoms with van der Waals surface area (Å²) in [6.45, 7) is 0. The number of rotatable bonds is 0. The van der Waals surface area contributed by atoms with E-state index in [-0.39, 0.29) is 462 Å². The van der Waals surface area contributed by atoms with Gasteiger partial charge in [0.15, 0.2) is 0 Å². The first-order chi connectivity index (χ1) is 0. The van der Waals surface area contributed by atoms with Crippen LogP contribution in [-0.2, 0) is 0 Å². The molecule has 0 aliphatic heterocycles. The average molecular weight is 1240 g/mol. The monoisotopic (exact) mass is 1230 g/mol. The molecular weight excluding hydrogens is 1210 g/mol. The first-order valence-electron chi connectivity index (χ1n) is 0. The molecule has 0 heterocycles. The van der Waals surface area contributed by atoms with Crippen LogP contribution in [0.25, 0.3) is 0 Å². The molecule has 0 bridgehead atoms. The second-order valence-corrected chi connectivity index (χ2v) is 0. The fraction of sp³-hybridized carbons (Fsp3) is 0. The van der Waals surface area contributed by atoms with Crippen LogP contribution in [0.2, 0.25) is 0 Å². The standard InChI is InChI=1S/33ClH.K.H/h33*1H;;/q;;;;;;;;;;;;;;;;;;;;;;;;;;;;;;;;;+1;-1. The molecule has 0 aromatic rings. The van der Waals surface area contributed by atoms with E-state index in [4.69, 9.17) is 0 Å². The number of hydrogen-bond donors (Lipinski definition) is 0. The molecule has 34 heavy (non-hydrogen) atoms. The van der Waals surface area contributed by atoms with E-state index >= 15 is 0 Å². The van der Waals surface area contributed by atoms with Crippen molar-refractivity contribution in [2.75, 3.05) is 0 Å². The Morgan fingerprint density at radius 1 is 0.0882 bits per heavy atom. The Kier molecular flexibility index (Phi) is 13600. The molecule has 266 valence electrons. The van der Waals surface area contributed by atoms with E-state index in [2.05, 4.69) is 0 Å². The summed E-state index contributed by atoms with van der Waals surface area (Å²) < 4.78 is 0. The molecule has 0 aromatic heterocycles. The van der Waals surface area contributed by atoms with Crippen LogP contribution in [0.1, 0.15) is 1.43 Å². The van der Waals surface area contributed by atoms with Crippen LogP contribution in [0.4, 0.5) is 0 Å².